The first-order valence-corrected chi connectivity index (χ1v) is 16.7. The molecule has 0 bridgehead atoms. The molecule has 0 saturated carbocycles. The van der Waals surface area contributed by atoms with E-state index in [9.17, 15) is 4.79 Å². The van der Waals surface area contributed by atoms with Crippen LogP contribution in [0.2, 0.25) is 0 Å². The molecule has 246 valence electrons. The van der Waals surface area contributed by atoms with E-state index in [-0.39, 0.29) is 12.7 Å². The van der Waals surface area contributed by atoms with Gasteiger partial charge in [-0.05, 0) is 51.6 Å². The second-order valence-electron chi connectivity index (χ2n) is 12.5. The number of carbonyl (C=O) groups excluding carboxylic acids is 1. The smallest absolute Gasteiger partial charge is 0.255 e. The molecular formula is C42H37NO6. The van der Waals surface area contributed by atoms with Gasteiger partial charge in [-0.15, -0.1) is 0 Å². The Morgan fingerprint density at radius 3 is 1.59 bits per heavy atom. The second kappa shape index (κ2) is 14.1. The van der Waals surface area contributed by atoms with E-state index in [2.05, 4.69) is 30.3 Å². The van der Waals surface area contributed by atoms with Crippen molar-refractivity contribution >= 4 is 11.5 Å². The Kier molecular flexibility index (Phi) is 8.95. The van der Waals surface area contributed by atoms with E-state index in [1.165, 1.54) is 0 Å². The van der Waals surface area contributed by atoms with Crippen LogP contribution in [0.5, 0.6) is 11.5 Å². The number of ether oxygens (including phenoxy) is 5. The molecule has 2 heterocycles. The van der Waals surface area contributed by atoms with Gasteiger partial charge in [-0.25, -0.2) is 0 Å². The molecule has 5 aromatic carbocycles. The van der Waals surface area contributed by atoms with Gasteiger partial charge in [0.25, 0.3) is 5.91 Å². The number of hydrogen-bond acceptors (Lipinski definition) is 6. The minimum atomic E-state index is -0.573. The van der Waals surface area contributed by atoms with Crippen LogP contribution in [0.4, 0.5) is 0 Å². The van der Waals surface area contributed by atoms with Crippen LogP contribution in [-0.4, -0.2) is 42.0 Å². The Bertz CT molecular complexity index is 1920. The Morgan fingerprint density at radius 1 is 0.571 bits per heavy atom. The average molecular weight is 652 g/mol. The van der Waals surface area contributed by atoms with Crippen molar-refractivity contribution in [2.24, 2.45) is 0 Å². The van der Waals surface area contributed by atoms with Crippen LogP contribution in [-0.2, 0) is 40.6 Å². The molecule has 49 heavy (non-hydrogen) atoms. The van der Waals surface area contributed by atoms with E-state index in [1.807, 2.05) is 114 Å². The molecule has 0 spiro atoms. The minimum absolute atomic E-state index is 0.0990. The second-order valence-corrected chi connectivity index (χ2v) is 12.5. The van der Waals surface area contributed by atoms with Gasteiger partial charge in [-0.3, -0.25) is 4.79 Å². The first kappa shape index (κ1) is 31.1. The molecule has 8 rings (SSSR count). The standard InChI is InChI=1S/C42H37NO6/c44-42-35-23-37-36(48-28-49-37)21-33(35)34-22-38(45-25-30-15-7-2-8-16-30)40(46-26-31-17-9-3-10-18-31)41(47-27-32-19-11-4-12-20-32)39(34)43(42)24-29-13-5-1-6-14-29/h1-23,38-41H,24-28H2/t38-,39+,40+,41-/m0/s1. The molecule has 0 fully saturated rings. The van der Waals surface area contributed by atoms with Gasteiger partial charge >= 0.3 is 0 Å². The maximum Gasteiger partial charge on any atom is 0.255 e. The molecule has 2 aliphatic heterocycles. The van der Waals surface area contributed by atoms with Gasteiger partial charge in [0, 0.05) is 6.54 Å². The summed E-state index contributed by atoms with van der Waals surface area (Å²) in [4.78, 5) is 16.6. The molecule has 7 nitrogen and oxygen atoms in total. The Labute approximate surface area is 286 Å². The monoisotopic (exact) mass is 651 g/mol. The predicted molar refractivity (Wildman–Crippen MR) is 186 cm³/mol. The Hall–Kier alpha value is -5.21. The van der Waals surface area contributed by atoms with Gasteiger partial charge in [-0.1, -0.05) is 121 Å². The van der Waals surface area contributed by atoms with E-state index in [0.29, 0.717) is 43.4 Å². The summed E-state index contributed by atoms with van der Waals surface area (Å²) in [7, 11) is 0. The van der Waals surface area contributed by atoms with Gasteiger partial charge in [0.15, 0.2) is 11.5 Å². The van der Waals surface area contributed by atoms with Gasteiger partial charge in [0.2, 0.25) is 6.79 Å². The zero-order valence-corrected chi connectivity index (χ0v) is 27.0. The van der Waals surface area contributed by atoms with Crippen LogP contribution in [0.3, 0.4) is 0 Å². The number of hydrogen-bond donors (Lipinski definition) is 0. The van der Waals surface area contributed by atoms with E-state index in [1.54, 1.807) is 0 Å². The lowest BCUT2D eigenvalue weighted by molar-refractivity contribution is -0.155. The Balaban J connectivity index is 1.26. The molecule has 3 aliphatic rings. The van der Waals surface area contributed by atoms with Crippen molar-refractivity contribution in [2.45, 2.75) is 50.7 Å². The highest BCUT2D eigenvalue weighted by molar-refractivity contribution is 6.05. The van der Waals surface area contributed by atoms with Crippen LogP contribution in [0, 0.1) is 0 Å². The lowest BCUT2D eigenvalue weighted by Gasteiger charge is -2.48. The van der Waals surface area contributed by atoms with Crippen LogP contribution in [0.25, 0.3) is 5.57 Å². The average Bonchev–Trinajstić information content (AvgIpc) is 3.63. The first-order valence-electron chi connectivity index (χ1n) is 16.7. The first-order chi connectivity index (χ1) is 24.2. The van der Waals surface area contributed by atoms with Crippen molar-refractivity contribution in [1.29, 1.82) is 0 Å². The summed E-state index contributed by atoms with van der Waals surface area (Å²) >= 11 is 0. The normalized spacial score (nSPS) is 20.8. The van der Waals surface area contributed by atoms with E-state index >= 15 is 0 Å². The summed E-state index contributed by atoms with van der Waals surface area (Å²) in [5.41, 5.74) is 6.45. The summed E-state index contributed by atoms with van der Waals surface area (Å²) < 4.78 is 32.1. The molecule has 0 saturated heterocycles. The molecule has 7 heteroatoms. The molecular weight excluding hydrogens is 614 g/mol. The molecule has 5 aromatic rings. The number of carbonyl (C=O) groups is 1. The SMILES string of the molecule is O=C1c2cc3c(cc2C2=C[C@H](OCc4ccccc4)[C@@H](OCc4ccccc4)[C@@H](OCc4ccccc4)[C@@H]2N1Cc1ccccc1)OCO3. The molecule has 0 aromatic heterocycles. The fourth-order valence-corrected chi connectivity index (χ4v) is 6.92. The fraction of sp³-hybridized carbons (Fsp3) is 0.214. The number of benzene rings is 5. The summed E-state index contributed by atoms with van der Waals surface area (Å²) in [6, 6.07) is 43.7. The predicted octanol–water partition coefficient (Wildman–Crippen LogP) is 7.59. The van der Waals surface area contributed by atoms with E-state index in [4.69, 9.17) is 23.7 Å². The van der Waals surface area contributed by atoms with Crippen molar-refractivity contribution < 1.29 is 28.5 Å². The van der Waals surface area contributed by atoms with Crippen molar-refractivity contribution in [3.8, 4) is 11.5 Å². The van der Waals surface area contributed by atoms with Gasteiger partial charge < -0.3 is 28.6 Å². The van der Waals surface area contributed by atoms with Crippen LogP contribution in [0.1, 0.15) is 38.2 Å². The summed E-state index contributed by atoms with van der Waals surface area (Å²) in [6.07, 6.45) is 0.539. The van der Waals surface area contributed by atoms with Gasteiger partial charge in [0.05, 0.1) is 31.4 Å². The van der Waals surface area contributed by atoms with Crippen molar-refractivity contribution in [3.05, 3.63) is 173 Å². The van der Waals surface area contributed by atoms with E-state index < -0.39 is 24.4 Å². The third-order valence-corrected chi connectivity index (χ3v) is 9.32. The lowest BCUT2D eigenvalue weighted by atomic mass is 9.77. The van der Waals surface area contributed by atoms with Crippen LogP contribution < -0.4 is 9.47 Å². The highest BCUT2D eigenvalue weighted by atomic mass is 16.7. The largest absolute Gasteiger partial charge is 0.454 e. The fourth-order valence-electron chi connectivity index (χ4n) is 6.92. The molecule has 1 amide bonds. The summed E-state index contributed by atoms with van der Waals surface area (Å²) in [6.45, 7) is 1.59. The van der Waals surface area contributed by atoms with Crippen LogP contribution in [0.15, 0.2) is 140 Å². The quantitative estimate of drug-likeness (QED) is 0.147. The van der Waals surface area contributed by atoms with Crippen molar-refractivity contribution in [1.82, 2.24) is 4.90 Å². The lowest BCUT2D eigenvalue weighted by Crippen LogP contribution is -2.60. The number of amides is 1. The molecule has 0 N–H and O–H groups in total. The van der Waals surface area contributed by atoms with Crippen LogP contribution >= 0.6 is 0 Å². The highest BCUT2D eigenvalue weighted by Gasteiger charge is 2.50. The highest BCUT2D eigenvalue weighted by Crippen LogP contribution is 2.46. The molecule has 0 unspecified atom stereocenters. The third-order valence-electron chi connectivity index (χ3n) is 9.32. The minimum Gasteiger partial charge on any atom is -0.454 e. The summed E-state index contributed by atoms with van der Waals surface area (Å²) in [5, 5.41) is 0. The molecule has 1 aliphatic carbocycles. The number of nitrogens with zero attached hydrogens (tertiary/aromatic N) is 1. The van der Waals surface area contributed by atoms with E-state index in [0.717, 1.165) is 33.4 Å². The van der Waals surface area contributed by atoms with Gasteiger partial charge in [0.1, 0.15) is 18.3 Å². The maximum absolute atomic E-state index is 14.6. The number of fused-ring (bicyclic) bond motifs is 4. The third kappa shape index (κ3) is 6.61. The van der Waals surface area contributed by atoms with Gasteiger partial charge in [-0.2, -0.15) is 0 Å². The zero-order valence-electron chi connectivity index (χ0n) is 27.0. The maximum atomic E-state index is 14.6. The number of rotatable bonds is 11. The summed E-state index contributed by atoms with van der Waals surface area (Å²) in [5.74, 6) is 1.09. The van der Waals surface area contributed by atoms with Crippen molar-refractivity contribution in [3.63, 3.8) is 0 Å². The molecule has 0 radical (unpaired) electrons. The Morgan fingerprint density at radius 2 is 1.04 bits per heavy atom. The zero-order chi connectivity index (χ0) is 33.0. The molecule has 4 atom stereocenters. The topological polar surface area (TPSA) is 66.5 Å². The van der Waals surface area contributed by atoms with Crippen molar-refractivity contribution in [2.75, 3.05) is 6.79 Å².